The number of rotatable bonds is 6. The molecule has 0 saturated carbocycles. The van der Waals surface area contributed by atoms with Crippen LogP contribution in [0.2, 0.25) is 0 Å². The number of aromatic nitrogens is 1. The molecule has 17 heavy (non-hydrogen) atoms. The first-order chi connectivity index (χ1) is 7.99. The fourth-order valence-corrected chi connectivity index (χ4v) is 1.21. The Labute approximate surface area is 97.2 Å². The highest BCUT2D eigenvalue weighted by molar-refractivity contribution is 5.73. The van der Waals surface area contributed by atoms with E-state index in [0.717, 1.165) is 0 Å². The van der Waals surface area contributed by atoms with Crippen molar-refractivity contribution >= 4 is 23.2 Å². The Morgan fingerprint density at radius 2 is 2.24 bits per heavy atom. The van der Waals surface area contributed by atoms with Crippen molar-refractivity contribution in [2.75, 3.05) is 17.6 Å². The van der Waals surface area contributed by atoms with Crippen LogP contribution in [0, 0.1) is 10.1 Å². The molecular weight excluding hydrogens is 226 g/mol. The van der Waals surface area contributed by atoms with Crippen LogP contribution < -0.4 is 16.8 Å². The van der Waals surface area contributed by atoms with Gasteiger partial charge >= 0.3 is 0 Å². The van der Waals surface area contributed by atoms with Gasteiger partial charge in [-0.2, -0.15) is 0 Å². The second-order valence-electron chi connectivity index (χ2n) is 3.39. The molecule has 0 aromatic carbocycles. The third-order valence-electron chi connectivity index (χ3n) is 1.95. The lowest BCUT2D eigenvalue weighted by atomic mass is 10.3. The second-order valence-corrected chi connectivity index (χ2v) is 3.39. The molecule has 0 fully saturated rings. The summed E-state index contributed by atoms with van der Waals surface area (Å²) in [5.74, 6) is -0.0175. The molecule has 92 valence electrons. The third kappa shape index (κ3) is 4.33. The number of nitrogens with two attached hydrogens (primary N) is 2. The summed E-state index contributed by atoms with van der Waals surface area (Å²) in [5.41, 5.74) is 10.3. The molecule has 8 heteroatoms. The van der Waals surface area contributed by atoms with Gasteiger partial charge in [-0.3, -0.25) is 14.9 Å². The lowest BCUT2D eigenvalue weighted by molar-refractivity contribution is -0.384. The van der Waals surface area contributed by atoms with Crippen molar-refractivity contribution in [3.05, 3.63) is 22.2 Å². The first kappa shape index (κ1) is 12.7. The Morgan fingerprint density at radius 1 is 1.53 bits per heavy atom. The zero-order valence-electron chi connectivity index (χ0n) is 9.05. The second kappa shape index (κ2) is 5.64. The molecule has 1 heterocycles. The van der Waals surface area contributed by atoms with Crippen LogP contribution in [0.4, 0.5) is 17.3 Å². The predicted octanol–water partition coefficient (Wildman–Crippen LogP) is 0.249. The van der Waals surface area contributed by atoms with E-state index in [0.29, 0.717) is 18.8 Å². The SMILES string of the molecule is NC(=O)CCCNc1cc([N+](=O)[O-])cc(N)n1. The van der Waals surface area contributed by atoms with Gasteiger partial charge < -0.3 is 16.8 Å². The highest BCUT2D eigenvalue weighted by Gasteiger charge is 2.09. The molecule has 0 aliphatic rings. The van der Waals surface area contributed by atoms with Gasteiger partial charge in [-0.25, -0.2) is 4.98 Å². The minimum atomic E-state index is -0.549. The minimum Gasteiger partial charge on any atom is -0.383 e. The zero-order valence-corrected chi connectivity index (χ0v) is 9.05. The number of hydrogen-bond acceptors (Lipinski definition) is 6. The van der Waals surface area contributed by atoms with E-state index in [2.05, 4.69) is 10.3 Å². The topological polar surface area (TPSA) is 137 Å². The van der Waals surface area contributed by atoms with E-state index in [9.17, 15) is 14.9 Å². The highest BCUT2D eigenvalue weighted by Crippen LogP contribution is 2.18. The van der Waals surface area contributed by atoms with Crippen LogP contribution in [0.3, 0.4) is 0 Å². The molecule has 0 unspecified atom stereocenters. The molecular formula is C9H13N5O3. The molecule has 0 aliphatic carbocycles. The van der Waals surface area contributed by atoms with Gasteiger partial charge in [0, 0.05) is 13.0 Å². The minimum absolute atomic E-state index is 0.0663. The van der Waals surface area contributed by atoms with Gasteiger partial charge in [0.1, 0.15) is 11.6 Å². The van der Waals surface area contributed by atoms with Crippen molar-refractivity contribution in [2.45, 2.75) is 12.8 Å². The summed E-state index contributed by atoms with van der Waals surface area (Å²) >= 11 is 0. The summed E-state index contributed by atoms with van der Waals surface area (Å²) < 4.78 is 0. The first-order valence-corrected chi connectivity index (χ1v) is 4.93. The molecule has 1 rings (SSSR count). The standard InChI is InChI=1S/C9H13N5O3/c10-7-4-6(14(16)17)5-9(13-7)12-3-1-2-8(11)15/h4-5H,1-3H2,(H2,11,15)(H3,10,12,13). The Balaban J connectivity index is 2.59. The number of carbonyl (C=O) groups excluding carboxylic acids is 1. The monoisotopic (exact) mass is 239 g/mol. The maximum Gasteiger partial charge on any atom is 0.276 e. The van der Waals surface area contributed by atoms with Gasteiger partial charge in [-0.15, -0.1) is 0 Å². The fraction of sp³-hybridized carbons (Fsp3) is 0.333. The van der Waals surface area contributed by atoms with Crippen molar-refractivity contribution in [1.82, 2.24) is 4.98 Å². The lowest BCUT2D eigenvalue weighted by Crippen LogP contribution is -2.13. The van der Waals surface area contributed by atoms with E-state index in [1.807, 2.05) is 0 Å². The molecule has 0 spiro atoms. The van der Waals surface area contributed by atoms with Crippen molar-refractivity contribution < 1.29 is 9.72 Å². The van der Waals surface area contributed by atoms with Crippen LogP contribution in [0.1, 0.15) is 12.8 Å². The lowest BCUT2D eigenvalue weighted by Gasteiger charge is -2.05. The third-order valence-corrected chi connectivity index (χ3v) is 1.95. The quantitative estimate of drug-likeness (QED) is 0.369. The summed E-state index contributed by atoms with van der Waals surface area (Å²) in [5, 5.41) is 13.4. The largest absolute Gasteiger partial charge is 0.383 e. The number of anilines is 2. The number of nitrogen functional groups attached to an aromatic ring is 1. The molecule has 0 radical (unpaired) electrons. The number of pyridine rings is 1. The zero-order chi connectivity index (χ0) is 12.8. The van der Waals surface area contributed by atoms with Gasteiger partial charge in [0.15, 0.2) is 0 Å². The predicted molar refractivity (Wildman–Crippen MR) is 62.2 cm³/mol. The smallest absolute Gasteiger partial charge is 0.276 e. The highest BCUT2D eigenvalue weighted by atomic mass is 16.6. The van der Waals surface area contributed by atoms with E-state index < -0.39 is 10.8 Å². The van der Waals surface area contributed by atoms with E-state index in [-0.39, 0.29) is 17.9 Å². The van der Waals surface area contributed by atoms with Gasteiger partial charge in [-0.1, -0.05) is 0 Å². The normalized spacial score (nSPS) is 9.88. The average molecular weight is 239 g/mol. The molecule has 0 atom stereocenters. The van der Waals surface area contributed by atoms with Crippen LogP contribution in [0.5, 0.6) is 0 Å². The molecule has 0 saturated heterocycles. The molecule has 1 amide bonds. The van der Waals surface area contributed by atoms with Crippen molar-refractivity contribution in [3.63, 3.8) is 0 Å². The van der Waals surface area contributed by atoms with Crippen LogP contribution in [-0.4, -0.2) is 22.4 Å². The van der Waals surface area contributed by atoms with Gasteiger partial charge in [-0.05, 0) is 6.42 Å². The molecule has 1 aromatic heterocycles. The van der Waals surface area contributed by atoms with E-state index in [4.69, 9.17) is 11.5 Å². The average Bonchev–Trinajstić information content (AvgIpc) is 2.23. The molecule has 8 nitrogen and oxygen atoms in total. The number of hydrogen-bond donors (Lipinski definition) is 3. The van der Waals surface area contributed by atoms with Gasteiger partial charge in [0.05, 0.1) is 17.1 Å². The molecule has 0 bridgehead atoms. The van der Waals surface area contributed by atoms with Crippen molar-refractivity contribution in [1.29, 1.82) is 0 Å². The fourth-order valence-electron chi connectivity index (χ4n) is 1.21. The summed E-state index contributed by atoms with van der Waals surface area (Å²) in [6, 6.07) is 2.45. The van der Waals surface area contributed by atoms with Crippen LogP contribution in [0.25, 0.3) is 0 Å². The Morgan fingerprint density at radius 3 is 2.82 bits per heavy atom. The van der Waals surface area contributed by atoms with E-state index in [1.165, 1.54) is 12.1 Å². The number of nitrogens with zero attached hydrogens (tertiary/aromatic N) is 2. The van der Waals surface area contributed by atoms with E-state index in [1.54, 1.807) is 0 Å². The number of amides is 1. The van der Waals surface area contributed by atoms with Gasteiger partial charge in [0.2, 0.25) is 5.91 Å². The Bertz CT molecular complexity index is 435. The molecule has 0 aliphatic heterocycles. The number of primary amides is 1. The number of nitro groups is 1. The van der Waals surface area contributed by atoms with Gasteiger partial charge in [0.25, 0.3) is 5.69 Å². The summed E-state index contributed by atoms with van der Waals surface area (Å²) in [6.07, 6.45) is 0.775. The Kier molecular flexibility index (Phi) is 4.21. The summed E-state index contributed by atoms with van der Waals surface area (Å²) in [7, 11) is 0. The molecule has 1 aromatic rings. The van der Waals surface area contributed by atoms with Crippen molar-refractivity contribution in [2.24, 2.45) is 5.73 Å². The van der Waals surface area contributed by atoms with E-state index >= 15 is 0 Å². The Hall–Kier alpha value is -2.38. The van der Waals surface area contributed by atoms with Crippen LogP contribution in [0.15, 0.2) is 12.1 Å². The molecule has 5 N–H and O–H groups in total. The maximum absolute atomic E-state index is 10.6. The maximum atomic E-state index is 10.6. The van der Waals surface area contributed by atoms with Crippen LogP contribution >= 0.6 is 0 Å². The van der Waals surface area contributed by atoms with Crippen molar-refractivity contribution in [3.8, 4) is 0 Å². The number of nitrogens with one attached hydrogen (secondary N) is 1. The first-order valence-electron chi connectivity index (χ1n) is 4.93. The number of carbonyl (C=O) groups is 1. The summed E-state index contributed by atoms with van der Waals surface area (Å²) in [4.78, 5) is 24.4. The summed E-state index contributed by atoms with van der Waals surface area (Å²) in [6.45, 7) is 0.441. The van der Waals surface area contributed by atoms with Crippen LogP contribution in [-0.2, 0) is 4.79 Å².